The third-order valence-corrected chi connectivity index (χ3v) is 3.12. The van der Waals surface area contributed by atoms with Gasteiger partial charge in [-0.1, -0.05) is 18.6 Å². The molecule has 0 radical (unpaired) electrons. The average molecular weight is 233 g/mol. The van der Waals surface area contributed by atoms with Crippen LogP contribution in [0.4, 0.5) is 0 Å². The van der Waals surface area contributed by atoms with E-state index in [0.717, 1.165) is 5.56 Å². The summed E-state index contributed by atoms with van der Waals surface area (Å²) in [5.74, 6) is -0.597. The quantitative estimate of drug-likeness (QED) is 0.802. The lowest BCUT2D eigenvalue weighted by atomic mass is 10.1. The van der Waals surface area contributed by atoms with Gasteiger partial charge in [0.25, 0.3) is 11.8 Å². The van der Waals surface area contributed by atoms with Crippen molar-refractivity contribution in [3.8, 4) is 0 Å². The van der Waals surface area contributed by atoms with Crippen molar-refractivity contribution >= 4 is 11.8 Å². The molecule has 2 rings (SSSR count). The first-order chi connectivity index (χ1) is 8.10. The Labute approximate surface area is 99.9 Å². The van der Waals surface area contributed by atoms with E-state index < -0.39 is 6.04 Å². The van der Waals surface area contributed by atoms with Crippen LogP contribution in [0.2, 0.25) is 0 Å². The second-order valence-corrected chi connectivity index (χ2v) is 4.27. The summed E-state index contributed by atoms with van der Waals surface area (Å²) >= 11 is 0. The summed E-state index contributed by atoms with van der Waals surface area (Å²) in [4.78, 5) is 25.4. The Bertz CT molecular complexity index is 478. The number of carbonyl (C=O) groups is 2. The molecule has 90 valence electrons. The fourth-order valence-electron chi connectivity index (χ4n) is 2.10. The van der Waals surface area contributed by atoms with Gasteiger partial charge in [0.05, 0.1) is 23.8 Å². The Morgan fingerprint density at radius 1 is 1.24 bits per heavy atom. The molecular formula is C13H15NO3. The summed E-state index contributed by atoms with van der Waals surface area (Å²) in [6, 6.07) is 4.78. The van der Waals surface area contributed by atoms with Gasteiger partial charge in [-0.2, -0.15) is 0 Å². The molecule has 1 atom stereocenters. The van der Waals surface area contributed by atoms with E-state index in [0.29, 0.717) is 17.5 Å². The molecule has 0 saturated carbocycles. The predicted molar refractivity (Wildman–Crippen MR) is 62.8 cm³/mol. The molecule has 0 spiro atoms. The van der Waals surface area contributed by atoms with Crippen molar-refractivity contribution in [3.63, 3.8) is 0 Å². The number of fused-ring (bicyclic) bond motifs is 1. The number of aliphatic hydroxyl groups is 1. The van der Waals surface area contributed by atoms with Crippen LogP contribution < -0.4 is 0 Å². The van der Waals surface area contributed by atoms with Crippen LogP contribution in [-0.2, 0) is 0 Å². The highest BCUT2D eigenvalue weighted by Gasteiger charge is 2.38. The summed E-state index contributed by atoms with van der Waals surface area (Å²) in [5, 5.41) is 9.21. The fourth-order valence-corrected chi connectivity index (χ4v) is 2.10. The van der Waals surface area contributed by atoms with E-state index in [2.05, 4.69) is 0 Å². The molecule has 1 aliphatic heterocycles. The maximum Gasteiger partial charge on any atom is 0.261 e. The van der Waals surface area contributed by atoms with Crippen LogP contribution in [0.25, 0.3) is 0 Å². The Kier molecular flexibility index (Phi) is 2.98. The third-order valence-electron chi connectivity index (χ3n) is 3.12. The number of carbonyl (C=O) groups excluding carboxylic acids is 2. The van der Waals surface area contributed by atoms with Crippen LogP contribution in [-0.4, -0.2) is 34.5 Å². The van der Waals surface area contributed by atoms with Gasteiger partial charge in [0.15, 0.2) is 0 Å². The Hall–Kier alpha value is -1.68. The topological polar surface area (TPSA) is 57.6 Å². The molecule has 17 heavy (non-hydrogen) atoms. The van der Waals surface area contributed by atoms with E-state index >= 15 is 0 Å². The lowest BCUT2D eigenvalue weighted by Crippen LogP contribution is -2.41. The molecule has 4 heteroatoms. The molecule has 1 aliphatic rings. The lowest BCUT2D eigenvalue weighted by Gasteiger charge is -2.22. The molecule has 1 heterocycles. The van der Waals surface area contributed by atoms with Crippen LogP contribution in [0.5, 0.6) is 0 Å². The summed E-state index contributed by atoms with van der Waals surface area (Å²) in [6.07, 6.45) is 0.556. The molecular weight excluding hydrogens is 218 g/mol. The highest BCUT2D eigenvalue weighted by molar-refractivity contribution is 6.21. The van der Waals surface area contributed by atoms with Crippen molar-refractivity contribution in [2.75, 3.05) is 6.61 Å². The maximum absolute atomic E-state index is 12.1. The van der Waals surface area contributed by atoms with Crippen molar-refractivity contribution < 1.29 is 14.7 Å². The first kappa shape index (κ1) is 11.8. The minimum absolute atomic E-state index is 0.194. The molecule has 0 aromatic heterocycles. The third kappa shape index (κ3) is 1.74. The minimum atomic E-state index is -0.428. The highest BCUT2D eigenvalue weighted by atomic mass is 16.3. The van der Waals surface area contributed by atoms with Crippen molar-refractivity contribution in [1.82, 2.24) is 4.90 Å². The van der Waals surface area contributed by atoms with Gasteiger partial charge in [-0.05, 0) is 25.5 Å². The number of nitrogens with zero attached hydrogens (tertiary/aromatic N) is 1. The number of hydrogen-bond donors (Lipinski definition) is 1. The second kappa shape index (κ2) is 4.30. The molecule has 2 amide bonds. The molecule has 0 bridgehead atoms. The number of hydrogen-bond acceptors (Lipinski definition) is 3. The molecule has 0 fully saturated rings. The van der Waals surface area contributed by atoms with Crippen molar-refractivity contribution in [3.05, 3.63) is 34.9 Å². The van der Waals surface area contributed by atoms with E-state index in [1.54, 1.807) is 12.1 Å². The SMILES string of the molecule is CCC(CO)N1C(=O)c2ccc(C)cc2C1=O. The van der Waals surface area contributed by atoms with Gasteiger partial charge >= 0.3 is 0 Å². The lowest BCUT2D eigenvalue weighted by molar-refractivity contribution is 0.0511. The zero-order valence-electron chi connectivity index (χ0n) is 9.93. The zero-order valence-corrected chi connectivity index (χ0v) is 9.93. The zero-order chi connectivity index (χ0) is 12.6. The number of imide groups is 1. The van der Waals surface area contributed by atoms with Gasteiger partial charge in [0.1, 0.15) is 0 Å². The number of amides is 2. The maximum atomic E-state index is 12.1. The molecule has 1 unspecified atom stereocenters. The van der Waals surface area contributed by atoms with E-state index in [9.17, 15) is 14.7 Å². The van der Waals surface area contributed by atoms with Crippen LogP contribution in [0.1, 0.15) is 39.6 Å². The summed E-state index contributed by atoms with van der Waals surface area (Å²) in [7, 11) is 0. The van der Waals surface area contributed by atoms with Crippen LogP contribution in [0.3, 0.4) is 0 Å². The Morgan fingerprint density at radius 3 is 2.47 bits per heavy atom. The first-order valence-electron chi connectivity index (χ1n) is 5.69. The van der Waals surface area contributed by atoms with Crippen LogP contribution >= 0.6 is 0 Å². The van der Waals surface area contributed by atoms with Gasteiger partial charge in [-0.15, -0.1) is 0 Å². The van der Waals surface area contributed by atoms with E-state index in [-0.39, 0.29) is 18.4 Å². The molecule has 0 aliphatic carbocycles. The molecule has 4 nitrogen and oxygen atoms in total. The Balaban J connectivity index is 2.45. The molecule has 1 N–H and O–H groups in total. The number of benzene rings is 1. The number of aliphatic hydroxyl groups excluding tert-OH is 1. The van der Waals surface area contributed by atoms with Gasteiger partial charge in [0.2, 0.25) is 0 Å². The normalized spacial score (nSPS) is 16.3. The van der Waals surface area contributed by atoms with Gasteiger partial charge < -0.3 is 5.11 Å². The summed E-state index contributed by atoms with van der Waals surface area (Å²) in [6.45, 7) is 3.53. The summed E-state index contributed by atoms with van der Waals surface area (Å²) < 4.78 is 0. The van der Waals surface area contributed by atoms with Crippen LogP contribution in [0.15, 0.2) is 18.2 Å². The van der Waals surface area contributed by atoms with Crippen molar-refractivity contribution in [2.45, 2.75) is 26.3 Å². The first-order valence-corrected chi connectivity index (χ1v) is 5.69. The van der Waals surface area contributed by atoms with E-state index in [4.69, 9.17) is 0 Å². The molecule has 0 saturated heterocycles. The Morgan fingerprint density at radius 2 is 1.88 bits per heavy atom. The van der Waals surface area contributed by atoms with E-state index in [1.165, 1.54) is 4.90 Å². The monoisotopic (exact) mass is 233 g/mol. The van der Waals surface area contributed by atoms with Gasteiger partial charge in [-0.25, -0.2) is 0 Å². The highest BCUT2D eigenvalue weighted by Crippen LogP contribution is 2.26. The number of rotatable bonds is 3. The van der Waals surface area contributed by atoms with E-state index in [1.807, 2.05) is 19.9 Å². The predicted octanol–water partition coefficient (Wildman–Crippen LogP) is 1.36. The van der Waals surface area contributed by atoms with Gasteiger partial charge in [-0.3, -0.25) is 14.5 Å². The van der Waals surface area contributed by atoms with Crippen molar-refractivity contribution in [1.29, 1.82) is 0 Å². The van der Waals surface area contributed by atoms with Gasteiger partial charge in [0, 0.05) is 0 Å². The average Bonchev–Trinajstić information content (AvgIpc) is 2.56. The van der Waals surface area contributed by atoms with Crippen LogP contribution in [0, 0.1) is 6.92 Å². The molecule has 1 aromatic carbocycles. The largest absolute Gasteiger partial charge is 0.394 e. The smallest absolute Gasteiger partial charge is 0.261 e. The standard InChI is InChI=1S/C13H15NO3/c1-3-9(7-15)14-12(16)10-5-4-8(2)6-11(10)13(14)17/h4-6,9,15H,3,7H2,1-2H3. The second-order valence-electron chi connectivity index (χ2n) is 4.27. The van der Waals surface area contributed by atoms with Crippen molar-refractivity contribution in [2.24, 2.45) is 0 Å². The molecule has 1 aromatic rings. The summed E-state index contributed by atoms with van der Waals surface area (Å²) in [5.41, 5.74) is 1.83. The fraction of sp³-hybridized carbons (Fsp3) is 0.385. The number of aryl methyl sites for hydroxylation is 1. The minimum Gasteiger partial charge on any atom is -0.394 e.